The summed E-state index contributed by atoms with van der Waals surface area (Å²) in [5.41, 5.74) is 1.95. The molecule has 0 atom stereocenters. The third-order valence-corrected chi connectivity index (χ3v) is 3.74. The van der Waals surface area contributed by atoms with Gasteiger partial charge in [-0.25, -0.2) is 14.8 Å². The number of aromatic nitrogens is 2. The zero-order valence-corrected chi connectivity index (χ0v) is 14.8. The van der Waals surface area contributed by atoms with Gasteiger partial charge in [0.2, 0.25) is 5.95 Å². The van der Waals surface area contributed by atoms with Gasteiger partial charge in [-0.2, -0.15) is 5.26 Å². The van der Waals surface area contributed by atoms with E-state index in [4.69, 9.17) is 10.00 Å². The molecule has 3 rings (SSSR count). The minimum Gasteiger partial charge on any atom is -0.465 e. The van der Waals surface area contributed by atoms with Crippen molar-refractivity contribution in [2.24, 2.45) is 0 Å². The number of anilines is 3. The molecule has 1 amide bonds. The third-order valence-electron chi connectivity index (χ3n) is 3.74. The quantitative estimate of drug-likeness (QED) is 0.660. The fraction of sp³-hybridized carbons (Fsp3) is 0.0500. The van der Waals surface area contributed by atoms with Crippen LogP contribution in [0.1, 0.15) is 26.4 Å². The minimum atomic E-state index is -0.502. The predicted octanol–water partition coefficient (Wildman–Crippen LogP) is 3.13. The van der Waals surface area contributed by atoms with E-state index in [0.29, 0.717) is 22.5 Å². The number of benzene rings is 2. The zero-order chi connectivity index (χ0) is 19.9. The smallest absolute Gasteiger partial charge is 0.339 e. The van der Waals surface area contributed by atoms with Crippen LogP contribution in [0, 0.1) is 11.3 Å². The molecule has 0 spiro atoms. The summed E-state index contributed by atoms with van der Waals surface area (Å²) in [5, 5.41) is 14.4. The number of nitrogens with zero attached hydrogens (tertiary/aromatic N) is 3. The fourth-order valence-electron chi connectivity index (χ4n) is 2.37. The SMILES string of the molecule is COC(=O)c1ccccc1Nc1nccc(C(=O)Nc2ccc(C#N)cc2)n1. The van der Waals surface area contributed by atoms with Crippen molar-refractivity contribution >= 4 is 29.2 Å². The van der Waals surface area contributed by atoms with Crippen molar-refractivity contribution in [1.29, 1.82) is 5.26 Å². The highest BCUT2D eigenvalue weighted by Gasteiger charge is 2.14. The van der Waals surface area contributed by atoms with Crippen LogP contribution >= 0.6 is 0 Å². The van der Waals surface area contributed by atoms with Gasteiger partial charge >= 0.3 is 5.97 Å². The van der Waals surface area contributed by atoms with Gasteiger partial charge < -0.3 is 15.4 Å². The van der Waals surface area contributed by atoms with Crippen LogP contribution in [0.25, 0.3) is 0 Å². The maximum absolute atomic E-state index is 12.4. The number of carbonyl (C=O) groups is 2. The Kier molecular flexibility index (Phi) is 5.58. The van der Waals surface area contributed by atoms with Crippen molar-refractivity contribution in [3.63, 3.8) is 0 Å². The topological polar surface area (TPSA) is 117 Å². The monoisotopic (exact) mass is 373 g/mol. The van der Waals surface area contributed by atoms with Gasteiger partial charge in [0.15, 0.2) is 0 Å². The number of para-hydroxylation sites is 1. The largest absolute Gasteiger partial charge is 0.465 e. The summed E-state index contributed by atoms with van der Waals surface area (Å²) in [6.45, 7) is 0. The number of methoxy groups -OCH3 is 1. The summed E-state index contributed by atoms with van der Waals surface area (Å²) in [4.78, 5) is 32.6. The molecule has 0 saturated heterocycles. The average molecular weight is 373 g/mol. The summed E-state index contributed by atoms with van der Waals surface area (Å²) in [6.07, 6.45) is 1.43. The minimum absolute atomic E-state index is 0.136. The number of ether oxygens (including phenoxy) is 1. The van der Waals surface area contributed by atoms with Crippen LogP contribution in [0.3, 0.4) is 0 Å². The summed E-state index contributed by atoms with van der Waals surface area (Å²) >= 11 is 0. The van der Waals surface area contributed by atoms with Crippen LogP contribution in [-0.4, -0.2) is 29.0 Å². The second-order valence-electron chi connectivity index (χ2n) is 5.57. The fourth-order valence-corrected chi connectivity index (χ4v) is 2.37. The number of amides is 1. The lowest BCUT2D eigenvalue weighted by Gasteiger charge is -2.10. The molecular formula is C20H15N5O3. The highest BCUT2D eigenvalue weighted by molar-refractivity contribution is 6.03. The van der Waals surface area contributed by atoms with E-state index < -0.39 is 11.9 Å². The highest BCUT2D eigenvalue weighted by atomic mass is 16.5. The van der Waals surface area contributed by atoms with Crippen molar-refractivity contribution < 1.29 is 14.3 Å². The Bertz CT molecular complexity index is 1060. The molecule has 8 nitrogen and oxygen atoms in total. The second kappa shape index (κ2) is 8.42. The Hall–Kier alpha value is -4.25. The normalized spacial score (nSPS) is 9.86. The van der Waals surface area contributed by atoms with Gasteiger partial charge in [0.05, 0.1) is 30.0 Å². The Labute approximate surface area is 160 Å². The average Bonchev–Trinajstić information content (AvgIpc) is 2.74. The summed E-state index contributed by atoms with van der Waals surface area (Å²) < 4.78 is 4.76. The molecule has 2 aromatic carbocycles. The van der Waals surface area contributed by atoms with E-state index >= 15 is 0 Å². The molecule has 0 unspecified atom stereocenters. The number of esters is 1. The highest BCUT2D eigenvalue weighted by Crippen LogP contribution is 2.19. The summed E-state index contributed by atoms with van der Waals surface area (Å²) in [5.74, 6) is -0.780. The molecule has 0 aliphatic rings. The van der Waals surface area contributed by atoms with Gasteiger partial charge in [-0.05, 0) is 42.5 Å². The molecule has 28 heavy (non-hydrogen) atoms. The number of rotatable bonds is 5. The van der Waals surface area contributed by atoms with Gasteiger partial charge in [-0.3, -0.25) is 4.79 Å². The van der Waals surface area contributed by atoms with Crippen molar-refractivity contribution in [3.05, 3.63) is 77.6 Å². The number of nitrogens with one attached hydrogen (secondary N) is 2. The zero-order valence-electron chi connectivity index (χ0n) is 14.8. The molecule has 8 heteroatoms. The predicted molar refractivity (Wildman–Crippen MR) is 102 cm³/mol. The van der Waals surface area contributed by atoms with Gasteiger partial charge in [0.1, 0.15) is 5.69 Å². The molecule has 0 fully saturated rings. The van der Waals surface area contributed by atoms with Gasteiger partial charge in [-0.1, -0.05) is 12.1 Å². The molecule has 0 aliphatic carbocycles. The van der Waals surface area contributed by atoms with Gasteiger partial charge in [0.25, 0.3) is 5.91 Å². The number of nitriles is 1. The first-order chi connectivity index (χ1) is 13.6. The van der Waals surface area contributed by atoms with E-state index in [-0.39, 0.29) is 11.6 Å². The Morgan fingerprint density at radius 2 is 1.82 bits per heavy atom. The van der Waals surface area contributed by atoms with E-state index in [9.17, 15) is 9.59 Å². The molecule has 0 radical (unpaired) electrons. The molecule has 2 N–H and O–H groups in total. The third kappa shape index (κ3) is 4.28. The molecular weight excluding hydrogens is 358 g/mol. The van der Waals surface area contributed by atoms with Crippen LogP contribution < -0.4 is 10.6 Å². The van der Waals surface area contributed by atoms with E-state index in [1.54, 1.807) is 48.5 Å². The maximum Gasteiger partial charge on any atom is 0.339 e. The van der Waals surface area contributed by atoms with Crippen molar-refractivity contribution in [3.8, 4) is 6.07 Å². The molecule has 138 valence electrons. The molecule has 1 heterocycles. The van der Waals surface area contributed by atoms with Crippen molar-refractivity contribution in [2.75, 3.05) is 17.7 Å². The maximum atomic E-state index is 12.4. The first-order valence-electron chi connectivity index (χ1n) is 8.19. The van der Waals surface area contributed by atoms with E-state index in [1.165, 1.54) is 19.4 Å². The standard InChI is InChI=1S/C20H15N5O3/c1-28-19(27)15-4-2-3-5-16(15)24-20-22-11-10-17(25-20)18(26)23-14-8-6-13(12-21)7-9-14/h2-11H,1H3,(H,23,26)(H,22,24,25). The van der Waals surface area contributed by atoms with Crippen LogP contribution in [0.2, 0.25) is 0 Å². The number of hydrogen-bond acceptors (Lipinski definition) is 7. The van der Waals surface area contributed by atoms with Crippen LogP contribution in [0.5, 0.6) is 0 Å². The first-order valence-corrected chi connectivity index (χ1v) is 8.19. The second-order valence-corrected chi connectivity index (χ2v) is 5.57. The molecule has 0 aliphatic heterocycles. The van der Waals surface area contributed by atoms with Crippen LogP contribution in [0.4, 0.5) is 17.3 Å². The van der Waals surface area contributed by atoms with Crippen LogP contribution in [-0.2, 0) is 4.74 Å². The Balaban J connectivity index is 1.78. The number of hydrogen-bond donors (Lipinski definition) is 2. The molecule has 1 aromatic heterocycles. The summed E-state index contributed by atoms with van der Waals surface area (Å²) in [6, 6.07) is 16.7. The number of carbonyl (C=O) groups excluding carboxylic acids is 2. The lowest BCUT2D eigenvalue weighted by Crippen LogP contribution is -2.15. The van der Waals surface area contributed by atoms with Crippen LogP contribution in [0.15, 0.2) is 60.8 Å². The van der Waals surface area contributed by atoms with Crippen molar-refractivity contribution in [1.82, 2.24) is 9.97 Å². The molecule has 0 saturated carbocycles. The first kappa shape index (κ1) is 18.5. The van der Waals surface area contributed by atoms with E-state index in [1.807, 2.05) is 6.07 Å². The van der Waals surface area contributed by atoms with E-state index in [0.717, 1.165) is 0 Å². The Morgan fingerprint density at radius 3 is 2.54 bits per heavy atom. The molecule has 3 aromatic rings. The van der Waals surface area contributed by atoms with E-state index in [2.05, 4.69) is 20.6 Å². The molecule has 0 bridgehead atoms. The van der Waals surface area contributed by atoms with Crippen molar-refractivity contribution in [2.45, 2.75) is 0 Å². The van der Waals surface area contributed by atoms with Gasteiger partial charge in [0, 0.05) is 11.9 Å². The lowest BCUT2D eigenvalue weighted by atomic mass is 10.2. The lowest BCUT2D eigenvalue weighted by molar-refractivity contribution is 0.0601. The Morgan fingerprint density at radius 1 is 1.07 bits per heavy atom. The summed E-state index contributed by atoms with van der Waals surface area (Å²) in [7, 11) is 1.30. The van der Waals surface area contributed by atoms with Gasteiger partial charge in [-0.15, -0.1) is 0 Å².